The van der Waals surface area contributed by atoms with Crippen LogP contribution in [0.1, 0.15) is 62.5 Å². The van der Waals surface area contributed by atoms with Gasteiger partial charge in [0.1, 0.15) is 11.3 Å². The van der Waals surface area contributed by atoms with Gasteiger partial charge in [-0.2, -0.15) is 0 Å². The van der Waals surface area contributed by atoms with Gasteiger partial charge in [-0.05, 0) is 74.6 Å². The van der Waals surface area contributed by atoms with Gasteiger partial charge in [0, 0.05) is 11.5 Å². The van der Waals surface area contributed by atoms with Gasteiger partial charge in [0.15, 0.2) is 5.65 Å². The molecule has 6 rings (SSSR count). The zero-order valence-electron chi connectivity index (χ0n) is 21.0. The van der Waals surface area contributed by atoms with Crippen molar-refractivity contribution < 1.29 is 5.11 Å². The summed E-state index contributed by atoms with van der Waals surface area (Å²) in [4.78, 5) is 4.34. The van der Waals surface area contributed by atoms with E-state index in [0.29, 0.717) is 11.5 Å². The molecular formula is C29H36N6O. The summed E-state index contributed by atoms with van der Waals surface area (Å²) in [6.45, 7) is 6.67. The Kier molecular flexibility index (Phi) is 6.77. The summed E-state index contributed by atoms with van der Waals surface area (Å²) >= 11 is 0. The molecule has 0 saturated heterocycles. The van der Waals surface area contributed by atoms with Gasteiger partial charge in [-0.25, -0.2) is 10.1 Å². The first kappa shape index (κ1) is 24.4. The second kappa shape index (κ2) is 9.99. The third kappa shape index (κ3) is 4.49. The Bertz CT molecular complexity index is 1270. The van der Waals surface area contributed by atoms with Crippen molar-refractivity contribution in [2.75, 3.05) is 12.3 Å². The van der Waals surface area contributed by atoms with Crippen molar-refractivity contribution in [1.29, 1.82) is 0 Å². The molecule has 3 aliphatic carbocycles. The Balaban J connectivity index is 1.34. The summed E-state index contributed by atoms with van der Waals surface area (Å²) in [5, 5.41) is 26.2. The molecule has 2 heterocycles. The maximum absolute atomic E-state index is 11.3. The average molecular weight is 485 g/mol. The number of hydrogen-bond donors (Lipinski definition) is 4. The van der Waals surface area contributed by atoms with E-state index in [1.165, 1.54) is 11.1 Å². The highest BCUT2D eigenvalue weighted by Crippen LogP contribution is 2.53. The Morgan fingerprint density at radius 3 is 2.75 bits per heavy atom. The van der Waals surface area contributed by atoms with E-state index in [2.05, 4.69) is 75.6 Å². The van der Waals surface area contributed by atoms with Crippen molar-refractivity contribution in [1.82, 2.24) is 25.7 Å². The van der Waals surface area contributed by atoms with Crippen molar-refractivity contribution in [3.05, 3.63) is 84.0 Å². The van der Waals surface area contributed by atoms with Crippen LogP contribution in [0.5, 0.6) is 0 Å². The van der Waals surface area contributed by atoms with Crippen LogP contribution in [0.2, 0.25) is 0 Å². The summed E-state index contributed by atoms with van der Waals surface area (Å²) in [5.74, 6) is 0.524. The number of fused-ring (bicyclic) bond motifs is 4. The molecule has 0 spiro atoms. The van der Waals surface area contributed by atoms with Gasteiger partial charge in [-0.3, -0.25) is 0 Å². The van der Waals surface area contributed by atoms with E-state index in [0.717, 1.165) is 56.1 Å². The molecule has 1 aromatic carbocycles. The van der Waals surface area contributed by atoms with Crippen LogP contribution in [0.3, 0.4) is 0 Å². The zero-order valence-corrected chi connectivity index (χ0v) is 21.0. The SMILES string of the molecule is C=C/C=C\C=C(/C)C(CCNC12CCC(c3ccccc3)(CC1)CC2O)c1cc(N)nc2[nH]nnc12. The molecule has 0 radical (unpaired) electrons. The highest BCUT2D eigenvalue weighted by Gasteiger charge is 2.54. The van der Waals surface area contributed by atoms with Gasteiger partial charge in [-0.15, -0.1) is 5.10 Å². The lowest BCUT2D eigenvalue weighted by Gasteiger charge is -2.57. The molecule has 3 aliphatic rings. The third-order valence-corrected chi connectivity index (χ3v) is 8.50. The molecule has 3 aromatic rings. The number of aromatic amines is 1. The summed E-state index contributed by atoms with van der Waals surface area (Å²) in [6, 6.07) is 12.7. The molecule has 5 N–H and O–H groups in total. The largest absolute Gasteiger partial charge is 0.391 e. The number of allylic oxidation sites excluding steroid dienone is 5. The number of aromatic nitrogens is 4. The summed E-state index contributed by atoms with van der Waals surface area (Å²) in [7, 11) is 0. The number of H-pyrrole nitrogens is 1. The standard InChI is InChI=1S/C29H36N6O/c1-3-4-6-9-20(2)22(23-18-25(30)32-27-26(23)33-35-34-27)12-17-31-29-15-13-28(14-16-29,19-24(29)36)21-10-7-5-8-11-21/h3-11,18,22,24,31,36H,1,12-17,19H2,2H3,(H3,30,32,33,34,35)/b6-4-,20-9+. The van der Waals surface area contributed by atoms with E-state index in [1.54, 1.807) is 6.08 Å². The fourth-order valence-electron chi connectivity index (χ4n) is 6.42. The number of pyridine rings is 1. The van der Waals surface area contributed by atoms with Crippen LogP contribution in [-0.2, 0) is 5.41 Å². The minimum Gasteiger partial charge on any atom is -0.391 e. The van der Waals surface area contributed by atoms with E-state index in [9.17, 15) is 5.11 Å². The van der Waals surface area contributed by atoms with E-state index < -0.39 is 0 Å². The number of hydrogen-bond acceptors (Lipinski definition) is 6. The van der Waals surface area contributed by atoms with Crippen molar-refractivity contribution in [3.8, 4) is 0 Å². The highest BCUT2D eigenvalue weighted by molar-refractivity contribution is 5.77. The summed E-state index contributed by atoms with van der Waals surface area (Å²) < 4.78 is 0. The van der Waals surface area contributed by atoms with Crippen molar-refractivity contribution in [3.63, 3.8) is 0 Å². The molecule has 7 heteroatoms. The fourth-order valence-corrected chi connectivity index (χ4v) is 6.42. The van der Waals surface area contributed by atoms with Crippen molar-refractivity contribution >= 4 is 17.0 Å². The van der Waals surface area contributed by atoms with Gasteiger partial charge in [0.2, 0.25) is 0 Å². The van der Waals surface area contributed by atoms with E-state index >= 15 is 0 Å². The minimum absolute atomic E-state index is 0.0778. The van der Waals surface area contributed by atoms with Crippen LogP contribution >= 0.6 is 0 Å². The van der Waals surface area contributed by atoms with Gasteiger partial charge < -0.3 is 16.2 Å². The molecule has 2 unspecified atom stereocenters. The van der Waals surface area contributed by atoms with E-state index in [-0.39, 0.29) is 23.0 Å². The van der Waals surface area contributed by atoms with Crippen LogP contribution in [-0.4, -0.2) is 43.7 Å². The normalized spacial score (nSPS) is 27.1. The smallest absolute Gasteiger partial charge is 0.178 e. The molecule has 3 saturated carbocycles. The molecule has 2 bridgehead atoms. The predicted molar refractivity (Wildman–Crippen MR) is 144 cm³/mol. The molecule has 0 amide bonds. The van der Waals surface area contributed by atoms with Crippen LogP contribution in [0, 0.1) is 0 Å². The third-order valence-electron chi connectivity index (χ3n) is 8.50. The first-order chi connectivity index (χ1) is 17.5. The molecule has 3 fully saturated rings. The lowest BCUT2D eigenvalue weighted by atomic mass is 9.53. The summed E-state index contributed by atoms with van der Waals surface area (Å²) in [5.41, 5.74) is 10.9. The first-order valence-electron chi connectivity index (χ1n) is 12.9. The Hall–Kier alpha value is -3.29. The number of aliphatic hydroxyl groups excluding tert-OH is 1. The number of nitrogens with zero attached hydrogens (tertiary/aromatic N) is 3. The number of anilines is 1. The second-order valence-electron chi connectivity index (χ2n) is 10.5. The van der Waals surface area contributed by atoms with Crippen LogP contribution in [0.15, 0.2) is 72.9 Å². The van der Waals surface area contributed by atoms with E-state index in [1.807, 2.05) is 18.2 Å². The molecule has 188 valence electrons. The zero-order chi connectivity index (χ0) is 25.2. The number of aliphatic hydroxyl groups is 1. The second-order valence-corrected chi connectivity index (χ2v) is 10.5. The topological polar surface area (TPSA) is 113 Å². The molecule has 7 nitrogen and oxygen atoms in total. The van der Waals surface area contributed by atoms with Gasteiger partial charge in [-0.1, -0.05) is 72.0 Å². The maximum Gasteiger partial charge on any atom is 0.178 e. The number of benzene rings is 1. The Labute approximate surface area is 212 Å². The Morgan fingerprint density at radius 2 is 2.03 bits per heavy atom. The van der Waals surface area contributed by atoms with Crippen molar-refractivity contribution in [2.24, 2.45) is 0 Å². The molecule has 36 heavy (non-hydrogen) atoms. The predicted octanol–water partition coefficient (Wildman–Crippen LogP) is 4.70. The number of nitrogens with two attached hydrogens (primary N) is 1. The van der Waals surface area contributed by atoms with Crippen LogP contribution in [0.4, 0.5) is 5.82 Å². The lowest BCUT2D eigenvalue weighted by Crippen LogP contribution is -2.64. The van der Waals surface area contributed by atoms with Crippen LogP contribution in [0.25, 0.3) is 11.2 Å². The summed E-state index contributed by atoms with van der Waals surface area (Å²) in [6.07, 6.45) is 13.3. The van der Waals surface area contributed by atoms with Gasteiger partial charge >= 0.3 is 0 Å². The maximum atomic E-state index is 11.3. The minimum atomic E-state index is -0.357. The first-order valence-corrected chi connectivity index (χ1v) is 12.9. The Morgan fingerprint density at radius 1 is 1.25 bits per heavy atom. The van der Waals surface area contributed by atoms with Gasteiger partial charge in [0.05, 0.1) is 6.10 Å². The molecule has 2 aromatic heterocycles. The number of nitrogens with one attached hydrogen (secondary N) is 2. The average Bonchev–Trinajstić information content (AvgIpc) is 3.36. The monoisotopic (exact) mass is 484 g/mol. The van der Waals surface area contributed by atoms with Crippen LogP contribution < -0.4 is 11.1 Å². The lowest BCUT2D eigenvalue weighted by molar-refractivity contribution is -0.0541. The molecule has 0 aliphatic heterocycles. The fraction of sp³-hybridized carbons (Fsp3) is 0.414. The number of nitrogen functional groups attached to an aromatic ring is 1. The molecule has 2 atom stereocenters. The van der Waals surface area contributed by atoms with E-state index in [4.69, 9.17) is 5.73 Å². The quantitative estimate of drug-likeness (QED) is 0.328. The van der Waals surface area contributed by atoms with Crippen molar-refractivity contribution in [2.45, 2.75) is 68.4 Å². The van der Waals surface area contributed by atoms with Gasteiger partial charge in [0.25, 0.3) is 0 Å². The number of rotatable bonds is 9. The molecular weight excluding hydrogens is 448 g/mol. The highest BCUT2D eigenvalue weighted by atomic mass is 16.3.